The first kappa shape index (κ1) is 13.9. The zero-order valence-electron chi connectivity index (χ0n) is 12.1. The smallest absolute Gasteiger partial charge is 0.262 e. The third-order valence-electron chi connectivity index (χ3n) is 3.40. The minimum atomic E-state index is -3.74. The van der Waals surface area contributed by atoms with E-state index in [9.17, 15) is 8.42 Å². The number of sulfonamides is 1. The van der Waals surface area contributed by atoms with Crippen molar-refractivity contribution in [2.24, 2.45) is 0 Å². The number of ether oxygens (including phenoxy) is 2. The van der Waals surface area contributed by atoms with Gasteiger partial charge in [-0.1, -0.05) is 0 Å². The van der Waals surface area contributed by atoms with Crippen molar-refractivity contribution < 1.29 is 22.3 Å². The minimum absolute atomic E-state index is 0.0910. The largest absolute Gasteiger partial charge is 0.454 e. The molecule has 23 heavy (non-hydrogen) atoms. The molecule has 0 atom stereocenters. The Hall–Kier alpha value is -2.74. The summed E-state index contributed by atoms with van der Waals surface area (Å²) >= 11 is 0. The van der Waals surface area contributed by atoms with Gasteiger partial charge in [-0.25, -0.2) is 13.4 Å². The van der Waals surface area contributed by atoms with Gasteiger partial charge in [0.25, 0.3) is 10.0 Å². The monoisotopic (exact) mass is 332 g/mol. The molecule has 0 amide bonds. The molecule has 3 aromatic rings. The third kappa shape index (κ3) is 2.46. The molecule has 0 saturated heterocycles. The Labute approximate surface area is 131 Å². The van der Waals surface area contributed by atoms with Crippen LogP contribution in [0.5, 0.6) is 11.5 Å². The van der Waals surface area contributed by atoms with Crippen LogP contribution in [-0.2, 0) is 10.0 Å². The van der Waals surface area contributed by atoms with Crippen LogP contribution in [0.25, 0.3) is 11.1 Å². The summed E-state index contributed by atoms with van der Waals surface area (Å²) in [4.78, 5) is 4.27. The van der Waals surface area contributed by atoms with Gasteiger partial charge in [0.05, 0.1) is 10.6 Å². The number of nitrogens with one attached hydrogen (secondary N) is 1. The number of fused-ring (bicyclic) bond motifs is 2. The summed E-state index contributed by atoms with van der Waals surface area (Å²) in [5.41, 5.74) is 1.59. The Kier molecular flexibility index (Phi) is 2.95. The number of oxazole rings is 1. The maximum Gasteiger partial charge on any atom is 0.262 e. The lowest BCUT2D eigenvalue weighted by atomic mass is 10.3. The molecular formula is C15H12N2O5S. The molecule has 1 aromatic heterocycles. The second-order valence-electron chi connectivity index (χ2n) is 5.04. The van der Waals surface area contributed by atoms with Gasteiger partial charge in [-0.2, -0.15) is 0 Å². The van der Waals surface area contributed by atoms with Crippen molar-refractivity contribution in [3.8, 4) is 11.5 Å². The molecule has 0 bridgehead atoms. The van der Waals surface area contributed by atoms with E-state index < -0.39 is 10.0 Å². The number of nitrogens with zero attached hydrogens (tertiary/aromatic N) is 1. The summed E-state index contributed by atoms with van der Waals surface area (Å²) in [6, 6.07) is 9.40. The second-order valence-corrected chi connectivity index (χ2v) is 6.72. The van der Waals surface area contributed by atoms with Crippen LogP contribution < -0.4 is 14.2 Å². The Morgan fingerprint density at radius 3 is 2.78 bits per heavy atom. The first-order valence-corrected chi connectivity index (χ1v) is 8.29. The van der Waals surface area contributed by atoms with E-state index in [0.717, 1.165) is 0 Å². The number of anilines is 1. The number of hydrogen-bond acceptors (Lipinski definition) is 6. The van der Waals surface area contributed by atoms with Gasteiger partial charge in [0, 0.05) is 19.1 Å². The lowest BCUT2D eigenvalue weighted by Gasteiger charge is -2.08. The van der Waals surface area contributed by atoms with Crippen LogP contribution in [0.15, 0.2) is 45.7 Å². The molecule has 118 valence electrons. The van der Waals surface area contributed by atoms with Crippen LogP contribution in [0.2, 0.25) is 0 Å². The van der Waals surface area contributed by atoms with E-state index in [1.54, 1.807) is 31.2 Å². The summed E-state index contributed by atoms with van der Waals surface area (Å²) in [6.45, 7) is 1.82. The van der Waals surface area contributed by atoms with E-state index in [-0.39, 0.29) is 11.7 Å². The van der Waals surface area contributed by atoms with Gasteiger partial charge in [0.15, 0.2) is 23.0 Å². The SMILES string of the molecule is Cc1nc2ccc(NS(=O)(=O)c3ccc4c(c3)OCO4)cc2o1. The van der Waals surface area contributed by atoms with E-state index in [1.807, 2.05) is 0 Å². The maximum atomic E-state index is 12.5. The second kappa shape index (κ2) is 4.88. The number of rotatable bonds is 3. The highest BCUT2D eigenvalue weighted by atomic mass is 32.2. The molecule has 0 aliphatic carbocycles. The standard InChI is InChI=1S/C15H12N2O5S/c1-9-16-12-4-2-10(6-14(12)22-9)17-23(18,19)11-3-5-13-15(7-11)21-8-20-13/h2-7,17H,8H2,1H3. The Morgan fingerprint density at radius 2 is 1.91 bits per heavy atom. The highest BCUT2D eigenvalue weighted by Gasteiger charge is 2.20. The molecule has 2 aromatic carbocycles. The Balaban J connectivity index is 1.67. The molecule has 2 heterocycles. The van der Waals surface area contributed by atoms with Crippen molar-refractivity contribution in [3.05, 3.63) is 42.3 Å². The van der Waals surface area contributed by atoms with E-state index in [1.165, 1.54) is 12.1 Å². The third-order valence-corrected chi connectivity index (χ3v) is 4.78. The molecule has 0 radical (unpaired) electrons. The van der Waals surface area contributed by atoms with Crippen molar-refractivity contribution in [2.75, 3.05) is 11.5 Å². The molecule has 0 spiro atoms. The van der Waals surface area contributed by atoms with E-state index in [0.29, 0.717) is 34.2 Å². The number of aromatic nitrogens is 1. The normalized spacial score (nSPS) is 13.4. The molecule has 1 aliphatic rings. The van der Waals surface area contributed by atoms with Gasteiger partial charge >= 0.3 is 0 Å². The molecule has 1 N–H and O–H groups in total. The number of benzene rings is 2. The molecule has 0 unspecified atom stereocenters. The topological polar surface area (TPSA) is 90.7 Å². The zero-order chi connectivity index (χ0) is 16.0. The fraction of sp³-hybridized carbons (Fsp3) is 0.133. The molecular weight excluding hydrogens is 320 g/mol. The Morgan fingerprint density at radius 1 is 1.09 bits per heavy atom. The van der Waals surface area contributed by atoms with E-state index in [4.69, 9.17) is 13.9 Å². The van der Waals surface area contributed by atoms with Gasteiger partial charge in [0.2, 0.25) is 6.79 Å². The summed E-state index contributed by atoms with van der Waals surface area (Å²) in [5, 5.41) is 0. The van der Waals surface area contributed by atoms with Gasteiger partial charge in [-0.15, -0.1) is 0 Å². The first-order chi connectivity index (χ1) is 11.0. The molecule has 0 fully saturated rings. The lowest BCUT2D eigenvalue weighted by molar-refractivity contribution is 0.174. The molecule has 1 aliphatic heterocycles. The van der Waals surface area contributed by atoms with Crippen LogP contribution >= 0.6 is 0 Å². The van der Waals surface area contributed by atoms with Gasteiger partial charge < -0.3 is 13.9 Å². The van der Waals surface area contributed by atoms with Gasteiger partial charge in [-0.05, 0) is 24.3 Å². The Bertz CT molecular complexity index is 1010. The molecule has 8 heteroatoms. The highest BCUT2D eigenvalue weighted by Crippen LogP contribution is 2.34. The quantitative estimate of drug-likeness (QED) is 0.793. The predicted octanol–water partition coefficient (Wildman–Crippen LogP) is 2.67. The van der Waals surface area contributed by atoms with Crippen LogP contribution in [0.1, 0.15) is 5.89 Å². The highest BCUT2D eigenvalue weighted by molar-refractivity contribution is 7.92. The minimum Gasteiger partial charge on any atom is -0.454 e. The lowest BCUT2D eigenvalue weighted by Crippen LogP contribution is -2.12. The average Bonchev–Trinajstić information content (AvgIpc) is 3.10. The van der Waals surface area contributed by atoms with Crippen molar-refractivity contribution in [3.63, 3.8) is 0 Å². The maximum absolute atomic E-state index is 12.5. The summed E-state index contributed by atoms with van der Waals surface area (Å²) in [5.74, 6) is 1.47. The fourth-order valence-electron chi connectivity index (χ4n) is 2.36. The van der Waals surface area contributed by atoms with Crippen LogP contribution in [0.3, 0.4) is 0 Å². The number of aryl methyl sites for hydroxylation is 1. The molecule has 7 nitrogen and oxygen atoms in total. The predicted molar refractivity (Wildman–Crippen MR) is 82.1 cm³/mol. The zero-order valence-corrected chi connectivity index (χ0v) is 12.9. The van der Waals surface area contributed by atoms with E-state index >= 15 is 0 Å². The van der Waals surface area contributed by atoms with Crippen molar-refractivity contribution in [2.45, 2.75) is 11.8 Å². The van der Waals surface area contributed by atoms with Crippen molar-refractivity contribution in [1.29, 1.82) is 0 Å². The van der Waals surface area contributed by atoms with Crippen LogP contribution in [0, 0.1) is 6.92 Å². The number of hydrogen-bond donors (Lipinski definition) is 1. The van der Waals surface area contributed by atoms with Crippen molar-refractivity contribution >= 4 is 26.8 Å². The van der Waals surface area contributed by atoms with Gasteiger partial charge in [0.1, 0.15) is 5.52 Å². The van der Waals surface area contributed by atoms with Gasteiger partial charge in [-0.3, -0.25) is 4.72 Å². The fourth-order valence-corrected chi connectivity index (χ4v) is 3.43. The molecule has 4 rings (SSSR count). The van der Waals surface area contributed by atoms with Crippen LogP contribution in [0.4, 0.5) is 5.69 Å². The van der Waals surface area contributed by atoms with Crippen molar-refractivity contribution in [1.82, 2.24) is 4.98 Å². The summed E-state index contributed by atoms with van der Waals surface area (Å²) in [7, 11) is -3.74. The summed E-state index contributed by atoms with van der Waals surface area (Å²) in [6.07, 6.45) is 0. The first-order valence-electron chi connectivity index (χ1n) is 6.81. The van der Waals surface area contributed by atoms with E-state index in [2.05, 4.69) is 9.71 Å². The molecule has 0 saturated carbocycles. The van der Waals surface area contributed by atoms with Crippen LogP contribution in [-0.4, -0.2) is 20.2 Å². The average molecular weight is 332 g/mol. The summed E-state index contributed by atoms with van der Waals surface area (Å²) < 4.78 is 43.3.